The molecule has 1 aliphatic rings. The van der Waals surface area contributed by atoms with Crippen LogP contribution in [0.4, 0.5) is 5.69 Å². The highest BCUT2D eigenvalue weighted by Crippen LogP contribution is 2.27. The third-order valence-corrected chi connectivity index (χ3v) is 12.7. The van der Waals surface area contributed by atoms with Gasteiger partial charge in [0.2, 0.25) is 35.4 Å². The van der Waals surface area contributed by atoms with Crippen molar-refractivity contribution in [3.8, 4) is 0 Å². The van der Waals surface area contributed by atoms with Crippen LogP contribution >= 0.6 is 0 Å². The molecule has 0 bridgehead atoms. The molecule has 0 saturated heterocycles. The van der Waals surface area contributed by atoms with E-state index in [-0.39, 0.29) is 49.3 Å². The first-order valence-corrected chi connectivity index (χ1v) is 25.1. The molecule has 0 spiro atoms. The molecule has 0 aromatic heterocycles. The van der Waals surface area contributed by atoms with Gasteiger partial charge in [0.1, 0.15) is 30.2 Å². The second-order valence-corrected chi connectivity index (χ2v) is 19.2. The first-order valence-electron chi connectivity index (χ1n) is 25.1. The zero-order valence-corrected chi connectivity index (χ0v) is 40.8. The van der Waals surface area contributed by atoms with Gasteiger partial charge in [0, 0.05) is 31.4 Å². The van der Waals surface area contributed by atoms with Crippen LogP contribution in [-0.2, 0) is 46.4 Å². The Morgan fingerprint density at radius 3 is 1.54 bits per heavy atom. The molecule has 378 valence electrons. The summed E-state index contributed by atoms with van der Waals surface area (Å²) in [5.74, 6) is -4.13. The number of carboxylic acid groups (broad SMARTS) is 1. The normalized spacial score (nSPS) is 15.5. The van der Waals surface area contributed by atoms with Crippen molar-refractivity contribution in [2.24, 2.45) is 17.6 Å². The summed E-state index contributed by atoms with van der Waals surface area (Å²) in [5.41, 5.74) is 13.6. The Kier molecular flexibility index (Phi) is 26.3. The zero-order chi connectivity index (χ0) is 49.8. The van der Waals surface area contributed by atoms with Gasteiger partial charge in [-0.15, -0.1) is 0 Å². The molecule has 68 heavy (non-hydrogen) atoms. The Hall–Kier alpha value is -5.51. The van der Waals surface area contributed by atoms with Gasteiger partial charge in [0.15, 0.2) is 0 Å². The van der Waals surface area contributed by atoms with Crippen LogP contribution in [0, 0.1) is 11.8 Å². The number of carbonyl (C=O) groups is 7. The summed E-state index contributed by atoms with van der Waals surface area (Å²) < 4.78 is 0. The fourth-order valence-corrected chi connectivity index (χ4v) is 8.78. The number of primary amides is 1. The molecule has 3 rings (SSSR count). The lowest BCUT2D eigenvalue weighted by atomic mass is 9.83. The summed E-state index contributed by atoms with van der Waals surface area (Å²) in [6, 6.07) is 10.9. The van der Waals surface area contributed by atoms with Crippen LogP contribution in [-0.4, -0.2) is 87.9 Å². The fourth-order valence-electron chi connectivity index (χ4n) is 8.78. The molecule has 2 aromatic carbocycles. The van der Waals surface area contributed by atoms with E-state index in [0.29, 0.717) is 24.9 Å². The van der Waals surface area contributed by atoms with Crippen molar-refractivity contribution in [3.05, 3.63) is 65.7 Å². The van der Waals surface area contributed by atoms with E-state index in [2.05, 4.69) is 26.6 Å². The minimum Gasteiger partial charge on any atom is -0.480 e. The Balaban J connectivity index is 1.28. The molecule has 16 heteroatoms. The minimum absolute atomic E-state index is 0.0328. The topological polar surface area (TPSA) is 272 Å². The van der Waals surface area contributed by atoms with E-state index >= 15 is 0 Å². The predicted molar refractivity (Wildman–Crippen MR) is 264 cm³/mol. The van der Waals surface area contributed by atoms with Crippen molar-refractivity contribution >= 4 is 47.1 Å². The zero-order valence-electron chi connectivity index (χ0n) is 40.8. The third kappa shape index (κ3) is 22.5. The number of anilines is 1. The molecule has 0 heterocycles. The lowest BCUT2D eigenvalue weighted by molar-refractivity contribution is -0.142. The van der Waals surface area contributed by atoms with Gasteiger partial charge in [0.25, 0.3) is 0 Å². The van der Waals surface area contributed by atoms with Gasteiger partial charge in [-0.05, 0) is 74.1 Å². The Bertz CT molecular complexity index is 1850. The predicted octanol–water partition coefficient (Wildman–Crippen LogP) is 5.52. The number of amides is 6. The average Bonchev–Trinajstić information content (AvgIpc) is 3.30. The summed E-state index contributed by atoms with van der Waals surface area (Å²) in [6.07, 6.45) is 16.0. The molecule has 1 unspecified atom stereocenters. The van der Waals surface area contributed by atoms with Crippen LogP contribution < -0.4 is 38.1 Å². The van der Waals surface area contributed by atoms with Crippen LogP contribution in [0.25, 0.3) is 0 Å². The quantitative estimate of drug-likeness (QED) is 0.0320. The van der Waals surface area contributed by atoms with Crippen molar-refractivity contribution in [1.29, 1.82) is 0 Å². The Morgan fingerprint density at radius 1 is 0.574 bits per heavy atom. The highest BCUT2D eigenvalue weighted by atomic mass is 16.4. The average molecular weight is 948 g/mol. The van der Waals surface area contributed by atoms with Crippen LogP contribution in [0.15, 0.2) is 54.6 Å². The summed E-state index contributed by atoms with van der Waals surface area (Å²) in [4.78, 5) is 90.3. The number of carbonyl (C=O) groups excluding carboxylic acids is 6. The molecule has 1 aliphatic carbocycles. The van der Waals surface area contributed by atoms with E-state index in [1.165, 1.54) is 6.92 Å². The molecule has 2 aromatic rings. The second-order valence-electron chi connectivity index (χ2n) is 19.2. The molecule has 0 aliphatic heterocycles. The number of hydrogen-bond acceptors (Lipinski definition) is 9. The standard InChI is InChI=1S/C52H81N7O9/c1-35(2)32-41(50(65)59-47(48(54)63)39-24-18-15-19-25-39)56-51(66)46(36(3)60)58-45(62)27-21-13-11-9-7-5-4-6-8-10-12-20-26-44(61)55-42(33-38-28-30-40(53)31-29-38)49(64)57-43(52(67)68)34-37-22-16-14-17-23-37/h14,16-17,22-23,28-31,35-36,39,41-43,46-47,60H,4-13,15,18-21,24-27,32-34,53H2,1-3H3,(H2,54,63)(H,55,61)(H,56,66)(H,57,64)(H,58,62)(H,59,65)(H,67,68)/t36?,41-,42-,43-,46-,47-/m0/s1. The molecule has 11 N–H and O–H groups in total. The van der Waals surface area contributed by atoms with Crippen molar-refractivity contribution in [3.63, 3.8) is 0 Å². The maximum atomic E-state index is 13.4. The van der Waals surface area contributed by atoms with Crippen LogP contribution in [0.2, 0.25) is 0 Å². The summed E-state index contributed by atoms with van der Waals surface area (Å²) in [6.45, 7) is 5.24. The minimum atomic E-state index is -1.24. The molecule has 1 saturated carbocycles. The first kappa shape index (κ1) is 56.8. The van der Waals surface area contributed by atoms with Crippen molar-refractivity contribution in [2.45, 2.75) is 198 Å². The lowest BCUT2D eigenvalue weighted by Gasteiger charge is -2.31. The number of rotatable bonds is 33. The number of benzene rings is 2. The fraction of sp³-hybridized carbons (Fsp3) is 0.635. The number of carboxylic acids is 1. The van der Waals surface area contributed by atoms with Gasteiger partial charge in [-0.1, -0.05) is 140 Å². The van der Waals surface area contributed by atoms with Crippen molar-refractivity contribution < 1.29 is 43.8 Å². The molecule has 1 fully saturated rings. The first-order chi connectivity index (χ1) is 32.5. The summed E-state index contributed by atoms with van der Waals surface area (Å²) in [7, 11) is 0. The molecule has 0 radical (unpaired) electrons. The lowest BCUT2D eigenvalue weighted by Crippen LogP contribution is -2.59. The number of unbranched alkanes of at least 4 members (excludes halogenated alkanes) is 11. The molecular weight excluding hydrogens is 867 g/mol. The van der Waals surface area contributed by atoms with Crippen LogP contribution in [0.1, 0.15) is 160 Å². The number of aliphatic hydroxyl groups excluding tert-OH is 1. The number of aliphatic hydroxyl groups is 1. The largest absolute Gasteiger partial charge is 0.480 e. The number of nitrogen functional groups attached to an aromatic ring is 1. The number of hydrogen-bond donors (Lipinski definition) is 9. The highest BCUT2D eigenvalue weighted by molar-refractivity contribution is 5.94. The Morgan fingerprint density at radius 2 is 1.04 bits per heavy atom. The van der Waals surface area contributed by atoms with Gasteiger partial charge in [-0.3, -0.25) is 28.8 Å². The molecule has 6 amide bonds. The van der Waals surface area contributed by atoms with Gasteiger partial charge in [0.05, 0.1) is 6.10 Å². The highest BCUT2D eigenvalue weighted by Gasteiger charge is 2.34. The SMILES string of the molecule is CC(C)C[C@H](NC(=O)[C@@H](NC(=O)CCCCCCCCCCCCCCC(=O)N[C@@H](Cc1ccc(N)cc1)C(=O)N[C@@H](Cc1ccccc1)C(=O)O)C(C)O)C(=O)N[C@H](C(N)=O)C1CCCCC1. The number of nitrogens with two attached hydrogens (primary N) is 2. The van der Waals surface area contributed by atoms with Crippen LogP contribution in [0.3, 0.4) is 0 Å². The molecular formula is C52H81N7O9. The van der Waals surface area contributed by atoms with E-state index in [4.69, 9.17) is 11.5 Å². The maximum Gasteiger partial charge on any atom is 0.326 e. The molecule has 16 nitrogen and oxygen atoms in total. The summed E-state index contributed by atoms with van der Waals surface area (Å²) in [5, 5.41) is 33.9. The smallest absolute Gasteiger partial charge is 0.326 e. The van der Waals surface area contributed by atoms with Gasteiger partial charge in [-0.25, -0.2) is 4.79 Å². The van der Waals surface area contributed by atoms with Gasteiger partial charge in [-0.2, -0.15) is 0 Å². The van der Waals surface area contributed by atoms with E-state index in [9.17, 15) is 43.8 Å². The van der Waals surface area contributed by atoms with Gasteiger partial charge >= 0.3 is 5.97 Å². The number of nitrogens with one attached hydrogen (secondary N) is 5. The van der Waals surface area contributed by atoms with Gasteiger partial charge < -0.3 is 48.3 Å². The third-order valence-electron chi connectivity index (χ3n) is 12.7. The second kappa shape index (κ2) is 31.5. The molecule has 6 atom stereocenters. The van der Waals surface area contributed by atoms with E-state index in [1.807, 2.05) is 32.0 Å². The monoisotopic (exact) mass is 948 g/mol. The van der Waals surface area contributed by atoms with Crippen molar-refractivity contribution in [1.82, 2.24) is 26.6 Å². The summed E-state index contributed by atoms with van der Waals surface area (Å²) >= 11 is 0. The van der Waals surface area contributed by atoms with E-state index in [0.717, 1.165) is 107 Å². The van der Waals surface area contributed by atoms with E-state index < -0.39 is 65.9 Å². The Labute approximate surface area is 403 Å². The van der Waals surface area contributed by atoms with E-state index in [1.54, 1.807) is 36.4 Å². The number of aliphatic carboxylic acids is 1. The van der Waals surface area contributed by atoms with Crippen molar-refractivity contribution in [2.75, 3.05) is 5.73 Å². The van der Waals surface area contributed by atoms with Crippen LogP contribution in [0.5, 0.6) is 0 Å². The maximum absolute atomic E-state index is 13.4.